The van der Waals surface area contributed by atoms with E-state index in [1.165, 1.54) is 6.92 Å². The fraction of sp³-hybridized carbons (Fsp3) is 0.250. The van der Waals surface area contributed by atoms with E-state index in [0.717, 1.165) is 11.9 Å². The first kappa shape index (κ1) is 11.4. The maximum absolute atomic E-state index is 7.81. The summed E-state index contributed by atoms with van der Waals surface area (Å²) in [6.07, 6.45) is 0. The van der Waals surface area contributed by atoms with Gasteiger partial charge in [-0.3, -0.25) is 10.1 Å². The predicted molar refractivity (Wildman–Crippen MR) is 39.5 cm³/mol. The molecule has 0 aliphatic rings. The number of hydrogen-bond acceptors (Lipinski definition) is 4. The van der Waals surface area contributed by atoms with Gasteiger partial charge in [-0.15, -0.1) is 0 Å². The molecule has 54 valence electrons. The number of rotatable bonds is 1. The first-order valence-electron chi connectivity index (χ1n) is 2.14. The Morgan fingerprint density at radius 2 is 2.10 bits per heavy atom. The predicted octanol–water partition coefficient (Wildman–Crippen LogP) is 0.129. The lowest BCUT2D eigenvalue weighted by Crippen LogP contribution is -2.23. The van der Waals surface area contributed by atoms with Crippen LogP contribution in [0.25, 0.3) is 0 Å². The van der Waals surface area contributed by atoms with E-state index in [2.05, 4.69) is 4.72 Å². The maximum atomic E-state index is 7.81. The number of hydrogen-bond donors (Lipinski definition) is 3. The molecule has 5 nitrogen and oxygen atoms in total. The lowest BCUT2D eigenvalue weighted by Gasteiger charge is -1.89. The van der Waals surface area contributed by atoms with Gasteiger partial charge in [-0.1, -0.05) is 0 Å². The van der Waals surface area contributed by atoms with Crippen LogP contribution in [0.15, 0.2) is 0 Å². The van der Waals surface area contributed by atoms with Crippen LogP contribution >= 0.6 is 11.9 Å². The van der Waals surface area contributed by atoms with E-state index in [4.69, 9.17) is 21.7 Å². The highest BCUT2D eigenvalue weighted by Gasteiger charge is 1.80. The Morgan fingerprint density at radius 3 is 2.20 bits per heavy atom. The summed E-state index contributed by atoms with van der Waals surface area (Å²) in [5.74, 6) is -0.202. The summed E-state index contributed by atoms with van der Waals surface area (Å²) in [6.45, 7) is 1.43. The van der Waals surface area contributed by atoms with Crippen molar-refractivity contribution in [1.82, 2.24) is 4.72 Å². The van der Waals surface area contributed by atoms with E-state index in [1.54, 1.807) is 11.5 Å². The van der Waals surface area contributed by atoms with Crippen molar-refractivity contribution in [3.8, 4) is 11.5 Å². The molecule has 0 spiro atoms. The van der Waals surface area contributed by atoms with Gasteiger partial charge in [-0.2, -0.15) is 10.5 Å². The largest absolute Gasteiger partial charge is 0.369 e. The number of thiocyanates is 1. The molecule has 0 bridgehead atoms. The molecule has 4 N–H and O–H groups in total. The van der Waals surface area contributed by atoms with Gasteiger partial charge in [-0.25, -0.2) is 0 Å². The molecule has 0 radical (unpaired) electrons. The number of nitrogens with zero attached hydrogens (tertiary/aromatic N) is 2. The van der Waals surface area contributed by atoms with Crippen LogP contribution in [0.2, 0.25) is 0 Å². The highest BCUT2D eigenvalue weighted by molar-refractivity contribution is 8.02. The Balaban J connectivity index is 0. The summed E-state index contributed by atoms with van der Waals surface area (Å²) in [6, 6.07) is 1.75. The van der Waals surface area contributed by atoms with Gasteiger partial charge < -0.3 is 5.73 Å². The van der Waals surface area contributed by atoms with E-state index in [9.17, 15) is 0 Å². The molecule has 0 aromatic rings. The Hall–Kier alpha value is -1.40. The van der Waals surface area contributed by atoms with Crippen molar-refractivity contribution in [3.63, 3.8) is 0 Å². The first-order chi connectivity index (χ1) is 4.68. The normalized spacial score (nSPS) is 5.50. The third-order valence-corrected chi connectivity index (χ3v) is 0.620. The molecule has 0 fully saturated rings. The lowest BCUT2D eigenvalue weighted by molar-refractivity contribution is 1.32. The number of nitrogens with one attached hydrogen (secondary N) is 2. The van der Waals surface area contributed by atoms with Crippen LogP contribution in [0.5, 0.6) is 0 Å². The third-order valence-electron chi connectivity index (χ3n) is 0.207. The molecule has 0 heterocycles. The minimum absolute atomic E-state index is 0.202. The van der Waals surface area contributed by atoms with Crippen LogP contribution in [-0.2, 0) is 0 Å². The standard InChI is InChI=1S/C2H4N4S.C2H3N/c3-1-7-6-2(4)5;1-2-3/h(H4,4,5,6);1H3. The quantitative estimate of drug-likeness (QED) is 0.217. The monoisotopic (exact) mass is 157 g/mol. The zero-order chi connectivity index (χ0) is 8.41. The summed E-state index contributed by atoms with van der Waals surface area (Å²) in [5, 5.41) is 23.3. The fourth-order valence-electron chi connectivity index (χ4n) is 0.0778. The Bertz CT molecular complexity index is 163. The second-order valence-corrected chi connectivity index (χ2v) is 1.52. The molecule has 0 unspecified atom stereocenters. The van der Waals surface area contributed by atoms with Crippen LogP contribution < -0.4 is 10.5 Å². The maximum Gasteiger partial charge on any atom is 0.196 e. The molecule has 0 aromatic carbocycles. The number of guanidine groups is 1. The van der Waals surface area contributed by atoms with E-state index in [0.29, 0.717) is 0 Å². The Kier molecular flexibility index (Phi) is 12.0. The molecule has 10 heavy (non-hydrogen) atoms. The zero-order valence-corrected chi connectivity index (χ0v) is 6.20. The van der Waals surface area contributed by atoms with Crippen LogP contribution in [0.3, 0.4) is 0 Å². The van der Waals surface area contributed by atoms with Gasteiger partial charge in [0.2, 0.25) is 0 Å². The number of nitriles is 2. The number of nitrogens with two attached hydrogens (primary N) is 1. The average Bonchev–Trinajstić information content (AvgIpc) is 1.85. The fourth-order valence-corrected chi connectivity index (χ4v) is 0.233. The molecule has 0 aromatic heterocycles. The SMILES string of the molecule is CC#N.N#CSNC(=N)N. The second-order valence-electron chi connectivity index (χ2n) is 0.933. The van der Waals surface area contributed by atoms with Crippen molar-refractivity contribution in [2.75, 3.05) is 0 Å². The molecule has 0 saturated heterocycles. The zero-order valence-electron chi connectivity index (χ0n) is 5.38. The summed E-state index contributed by atoms with van der Waals surface area (Å²) in [7, 11) is 0. The lowest BCUT2D eigenvalue weighted by atomic mass is 11.0. The van der Waals surface area contributed by atoms with E-state index in [1.807, 2.05) is 0 Å². The summed E-state index contributed by atoms with van der Waals surface area (Å²) >= 11 is 0.722. The van der Waals surface area contributed by atoms with Gasteiger partial charge in [0.15, 0.2) is 11.4 Å². The van der Waals surface area contributed by atoms with Crippen LogP contribution in [-0.4, -0.2) is 5.96 Å². The molecule has 0 saturated carbocycles. The van der Waals surface area contributed by atoms with E-state index >= 15 is 0 Å². The van der Waals surface area contributed by atoms with Crippen molar-refractivity contribution < 1.29 is 0 Å². The molecular weight excluding hydrogens is 150 g/mol. The molecular formula is C4H7N5S. The Labute approximate surface area is 63.5 Å². The van der Waals surface area contributed by atoms with E-state index < -0.39 is 0 Å². The second kappa shape index (κ2) is 10.6. The van der Waals surface area contributed by atoms with Crippen LogP contribution in [0.4, 0.5) is 0 Å². The highest BCUT2D eigenvalue weighted by Crippen LogP contribution is 1.81. The average molecular weight is 157 g/mol. The van der Waals surface area contributed by atoms with Gasteiger partial charge in [0.25, 0.3) is 0 Å². The van der Waals surface area contributed by atoms with Crippen LogP contribution in [0.1, 0.15) is 6.92 Å². The minimum atomic E-state index is -0.202. The highest BCUT2D eigenvalue weighted by atomic mass is 32.2. The molecule has 0 rings (SSSR count). The molecule has 6 heteroatoms. The van der Waals surface area contributed by atoms with E-state index in [-0.39, 0.29) is 5.96 Å². The first-order valence-corrected chi connectivity index (χ1v) is 2.96. The molecule has 0 aliphatic heterocycles. The smallest absolute Gasteiger partial charge is 0.196 e. The van der Waals surface area contributed by atoms with Crippen molar-refractivity contribution in [2.45, 2.75) is 6.92 Å². The van der Waals surface area contributed by atoms with Gasteiger partial charge in [0.05, 0.1) is 18.0 Å². The van der Waals surface area contributed by atoms with Gasteiger partial charge in [0, 0.05) is 6.92 Å². The summed E-state index contributed by atoms with van der Waals surface area (Å²) < 4.78 is 2.21. The van der Waals surface area contributed by atoms with Crippen molar-refractivity contribution in [1.29, 1.82) is 15.9 Å². The minimum Gasteiger partial charge on any atom is -0.369 e. The topological polar surface area (TPSA) is 109 Å². The van der Waals surface area contributed by atoms with Crippen molar-refractivity contribution in [2.24, 2.45) is 5.73 Å². The Morgan fingerprint density at radius 1 is 1.70 bits per heavy atom. The van der Waals surface area contributed by atoms with Crippen molar-refractivity contribution >= 4 is 17.9 Å². The van der Waals surface area contributed by atoms with Gasteiger partial charge >= 0.3 is 0 Å². The van der Waals surface area contributed by atoms with Gasteiger partial charge in [0.1, 0.15) is 0 Å². The summed E-state index contributed by atoms with van der Waals surface area (Å²) in [5.41, 5.74) is 4.78. The van der Waals surface area contributed by atoms with Gasteiger partial charge in [-0.05, 0) is 0 Å². The van der Waals surface area contributed by atoms with Crippen LogP contribution in [0, 0.1) is 27.4 Å². The molecule has 0 aliphatic carbocycles. The third kappa shape index (κ3) is 30.6. The van der Waals surface area contributed by atoms with Crippen molar-refractivity contribution in [3.05, 3.63) is 0 Å². The summed E-state index contributed by atoms with van der Waals surface area (Å²) in [4.78, 5) is 0. The molecule has 0 amide bonds. The molecule has 0 atom stereocenters.